The molecule has 5 nitrogen and oxygen atoms in total. The molecule has 0 aliphatic heterocycles. The van der Waals surface area contributed by atoms with E-state index in [1.54, 1.807) is 24.3 Å². The summed E-state index contributed by atoms with van der Waals surface area (Å²) in [5, 5.41) is 0.363. The van der Waals surface area contributed by atoms with Crippen molar-refractivity contribution in [1.29, 1.82) is 0 Å². The summed E-state index contributed by atoms with van der Waals surface area (Å²) < 4.78 is 4.88. The van der Waals surface area contributed by atoms with Gasteiger partial charge < -0.3 is 16.2 Å². The maximum atomic E-state index is 12.3. The lowest BCUT2D eigenvalue weighted by molar-refractivity contribution is -0.145. The summed E-state index contributed by atoms with van der Waals surface area (Å²) in [5.74, 6) is -0.359. The third-order valence-corrected chi connectivity index (χ3v) is 3.32. The van der Waals surface area contributed by atoms with E-state index in [0.29, 0.717) is 23.6 Å². The Balaban J connectivity index is 2.82. The summed E-state index contributed by atoms with van der Waals surface area (Å²) in [6.07, 6.45) is 0.986. The van der Waals surface area contributed by atoms with Crippen molar-refractivity contribution < 1.29 is 14.3 Å². The average Bonchev–Trinajstić information content (AvgIpc) is 2.45. The highest BCUT2D eigenvalue weighted by atomic mass is 35.5. The molecule has 1 aromatic rings. The topological polar surface area (TPSA) is 95.4 Å². The number of hydrogen-bond donors (Lipinski definition) is 2. The second-order valence-corrected chi connectivity index (χ2v) is 4.83. The zero-order valence-corrected chi connectivity index (χ0v) is 11.9. The van der Waals surface area contributed by atoms with E-state index in [1.807, 2.05) is 0 Å². The van der Waals surface area contributed by atoms with E-state index in [0.717, 1.165) is 12.8 Å². The van der Waals surface area contributed by atoms with Gasteiger partial charge in [0.2, 0.25) is 0 Å². The standard InChI is InChI=1S/C14H19ClN2O3/c15-11-6-2-1-5-10(11)14(20-9-18)13(19)12(17)7-3-4-8-16/h1-2,5-6,9,12,14H,3-4,7-8,16-17H2/t12-,14?/m0/s1. The van der Waals surface area contributed by atoms with Gasteiger partial charge in [-0.1, -0.05) is 36.2 Å². The van der Waals surface area contributed by atoms with Crippen molar-refractivity contribution in [2.24, 2.45) is 11.5 Å². The minimum absolute atomic E-state index is 0.235. The molecule has 0 bridgehead atoms. The minimum Gasteiger partial charge on any atom is -0.451 e. The Kier molecular flexibility index (Phi) is 7.22. The molecule has 1 aromatic carbocycles. The number of rotatable bonds is 9. The first kappa shape index (κ1) is 16.6. The molecule has 0 aromatic heterocycles. The van der Waals surface area contributed by atoms with Crippen LogP contribution in [0.25, 0.3) is 0 Å². The number of unbranched alkanes of at least 4 members (excludes halogenated alkanes) is 1. The molecule has 0 heterocycles. The van der Waals surface area contributed by atoms with E-state index in [-0.39, 0.29) is 12.3 Å². The largest absolute Gasteiger partial charge is 0.451 e. The van der Waals surface area contributed by atoms with Crippen LogP contribution in [-0.2, 0) is 14.3 Å². The van der Waals surface area contributed by atoms with E-state index in [2.05, 4.69) is 0 Å². The Labute approximate surface area is 123 Å². The van der Waals surface area contributed by atoms with Gasteiger partial charge >= 0.3 is 0 Å². The van der Waals surface area contributed by atoms with E-state index in [9.17, 15) is 9.59 Å². The van der Waals surface area contributed by atoms with Crippen LogP contribution in [-0.4, -0.2) is 24.8 Å². The fourth-order valence-electron chi connectivity index (χ4n) is 1.88. The van der Waals surface area contributed by atoms with E-state index >= 15 is 0 Å². The van der Waals surface area contributed by atoms with E-state index in [1.165, 1.54) is 0 Å². The fraction of sp³-hybridized carbons (Fsp3) is 0.429. The van der Waals surface area contributed by atoms with E-state index in [4.69, 9.17) is 27.8 Å². The highest BCUT2D eigenvalue weighted by Crippen LogP contribution is 2.27. The molecule has 20 heavy (non-hydrogen) atoms. The second kappa shape index (κ2) is 8.68. The Morgan fingerprint density at radius 3 is 2.65 bits per heavy atom. The van der Waals surface area contributed by atoms with Gasteiger partial charge in [0.1, 0.15) is 0 Å². The molecule has 0 aliphatic carbocycles. The van der Waals surface area contributed by atoms with Gasteiger partial charge in [0.15, 0.2) is 11.9 Å². The number of nitrogens with two attached hydrogens (primary N) is 2. The molecule has 6 heteroatoms. The highest BCUT2D eigenvalue weighted by molar-refractivity contribution is 6.31. The van der Waals surface area contributed by atoms with Gasteiger partial charge in [0.05, 0.1) is 6.04 Å². The van der Waals surface area contributed by atoms with Crippen LogP contribution in [0.15, 0.2) is 24.3 Å². The first-order valence-electron chi connectivity index (χ1n) is 6.44. The Hall–Kier alpha value is -1.43. The Morgan fingerprint density at radius 1 is 1.35 bits per heavy atom. The normalized spacial score (nSPS) is 13.6. The molecule has 0 fully saturated rings. The van der Waals surface area contributed by atoms with Crippen molar-refractivity contribution in [1.82, 2.24) is 0 Å². The number of halogens is 1. The fourth-order valence-corrected chi connectivity index (χ4v) is 2.12. The van der Waals surface area contributed by atoms with Crippen LogP contribution in [0.1, 0.15) is 30.9 Å². The summed E-state index contributed by atoms with van der Waals surface area (Å²) in [7, 11) is 0. The molecule has 2 atom stereocenters. The summed E-state index contributed by atoms with van der Waals surface area (Å²) in [6, 6.07) is 6.01. The summed E-state index contributed by atoms with van der Waals surface area (Å²) >= 11 is 6.02. The molecule has 0 radical (unpaired) electrons. The van der Waals surface area contributed by atoms with Crippen LogP contribution in [0.5, 0.6) is 0 Å². The third kappa shape index (κ3) is 4.59. The lowest BCUT2D eigenvalue weighted by Crippen LogP contribution is -2.35. The quantitative estimate of drug-likeness (QED) is 0.533. The third-order valence-electron chi connectivity index (χ3n) is 2.97. The zero-order chi connectivity index (χ0) is 15.0. The SMILES string of the molecule is NCCCC[C@H](N)C(=O)C(OC=O)c1ccccc1Cl. The summed E-state index contributed by atoms with van der Waals surface area (Å²) in [4.78, 5) is 22.9. The number of ether oxygens (including phenoxy) is 1. The Morgan fingerprint density at radius 2 is 2.05 bits per heavy atom. The molecular weight excluding hydrogens is 280 g/mol. The van der Waals surface area contributed by atoms with Crippen LogP contribution < -0.4 is 11.5 Å². The highest BCUT2D eigenvalue weighted by Gasteiger charge is 2.28. The zero-order valence-electron chi connectivity index (χ0n) is 11.1. The van der Waals surface area contributed by atoms with Gasteiger partial charge in [-0.15, -0.1) is 0 Å². The number of Topliss-reactive ketones (excluding diaryl/α,β-unsaturated/α-hetero) is 1. The van der Waals surface area contributed by atoms with Crippen molar-refractivity contribution >= 4 is 23.9 Å². The number of carbonyl (C=O) groups excluding carboxylic acids is 2. The van der Waals surface area contributed by atoms with Gasteiger partial charge in [-0.05, 0) is 25.5 Å². The maximum Gasteiger partial charge on any atom is 0.294 e. The predicted octanol–water partition coefficient (Wildman–Crippen LogP) is 1.58. The molecule has 0 saturated heterocycles. The van der Waals surface area contributed by atoms with Gasteiger partial charge in [-0.3, -0.25) is 9.59 Å². The first-order valence-corrected chi connectivity index (χ1v) is 6.82. The molecule has 4 N–H and O–H groups in total. The van der Waals surface area contributed by atoms with Crippen molar-refractivity contribution in [2.75, 3.05) is 6.54 Å². The van der Waals surface area contributed by atoms with Crippen LogP contribution in [0, 0.1) is 0 Å². The number of hydrogen-bond acceptors (Lipinski definition) is 5. The van der Waals surface area contributed by atoms with Crippen molar-refractivity contribution in [3.8, 4) is 0 Å². The number of ketones is 1. The van der Waals surface area contributed by atoms with Crippen LogP contribution in [0.2, 0.25) is 5.02 Å². The van der Waals surface area contributed by atoms with Gasteiger partial charge in [-0.2, -0.15) is 0 Å². The summed E-state index contributed by atoms with van der Waals surface area (Å²) in [6.45, 7) is 0.790. The Bertz CT molecular complexity index is 454. The molecule has 0 aliphatic rings. The molecule has 0 amide bonds. The van der Waals surface area contributed by atoms with Gasteiger partial charge in [-0.25, -0.2) is 0 Å². The molecule has 1 rings (SSSR count). The van der Waals surface area contributed by atoms with Crippen molar-refractivity contribution in [2.45, 2.75) is 31.4 Å². The van der Waals surface area contributed by atoms with Crippen LogP contribution >= 0.6 is 11.6 Å². The molecule has 0 spiro atoms. The van der Waals surface area contributed by atoms with Gasteiger partial charge in [0.25, 0.3) is 6.47 Å². The van der Waals surface area contributed by atoms with Crippen LogP contribution in [0.3, 0.4) is 0 Å². The predicted molar refractivity (Wildman–Crippen MR) is 77.2 cm³/mol. The average molecular weight is 299 g/mol. The maximum absolute atomic E-state index is 12.3. The second-order valence-electron chi connectivity index (χ2n) is 4.43. The van der Waals surface area contributed by atoms with Crippen LogP contribution in [0.4, 0.5) is 0 Å². The molecule has 1 unspecified atom stereocenters. The molecule has 110 valence electrons. The summed E-state index contributed by atoms with van der Waals surface area (Å²) in [5.41, 5.74) is 11.7. The van der Waals surface area contributed by atoms with Gasteiger partial charge in [0, 0.05) is 10.6 Å². The van der Waals surface area contributed by atoms with Crippen molar-refractivity contribution in [3.05, 3.63) is 34.9 Å². The van der Waals surface area contributed by atoms with Crippen molar-refractivity contribution in [3.63, 3.8) is 0 Å². The smallest absolute Gasteiger partial charge is 0.294 e. The lowest BCUT2D eigenvalue weighted by atomic mass is 9.97. The number of benzene rings is 1. The monoisotopic (exact) mass is 298 g/mol. The minimum atomic E-state index is -1.06. The lowest BCUT2D eigenvalue weighted by Gasteiger charge is -2.19. The molecule has 0 saturated carbocycles. The number of carbonyl (C=O) groups is 2. The van der Waals surface area contributed by atoms with E-state index < -0.39 is 12.1 Å². The first-order chi connectivity index (χ1) is 9.61. The molecular formula is C14H19ClN2O3.